The van der Waals surface area contributed by atoms with Crippen molar-refractivity contribution >= 4 is 11.3 Å². The van der Waals surface area contributed by atoms with Crippen LogP contribution in [0.15, 0.2) is 51.7 Å². The fraction of sp³-hybridized carbons (Fsp3) is 0.294. The average Bonchev–Trinajstić information content (AvgIpc) is 3.27. The Labute approximate surface area is 144 Å². The van der Waals surface area contributed by atoms with Crippen molar-refractivity contribution in [2.45, 2.75) is 25.7 Å². The van der Waals surface area contributed by atoms with Gasteiger partial charge in [0.05, 0.1) is 19.2 Å². The van der Waals surface area contributed by atoms with Crippen LogP contribution in [0.3, 0.4) is 0 Å². The summed E-state index contributed by atoms with van der Waals surface area (Å²) in [6.45, 7) is 1.88. The molecule has 0 bridgehead atoms. The van der Waals surface area contributed by atoms with E-state index < -0.39 is 6.10 Å². The summed E-state index contributed by atoms with van der Waals surface area (Å²) in [5, 5.41) is 18.3. The number of nitrogens with zero attached hydrogens (tertiary/aromatic N) is 3. The number of aliphatic hydroxyl groups excluding tert-OH is 1. The lowest BCUT2D eigenvalue weighted by Gasteiger charge is -2.23. The van der Waals surface area contributed by atoms with Gasteiger partial charge in [-0.05, 0) is 28.0 Å². The van der Waals surface area contributed by atoms with E-state index in [0.717, 1.165) is 11.1 Å². The Hall–Kier alpha value is -2.06. The number of nitrogens with two attached hydrogens (primary N) is 1. The molecule has 0 aliphatic heterocycles. The molecule has 0 aliphatic carbocycles. The quantitative estimate of drug-likeness (QED) is 0.652. The highest BCUT2D eigenvalue weighted by Gasteiger charge is 2.17. The van der Waals surface area contributed by atoms with Gasteiger partial charge in [-0.15, -0.1) is 0 Å². The maximum absolute atomic E-state index is 10.5. The Kier molecular flexibility index (Phi) is 5.71. The molecule has 0 spiro atoms. The highest BCUT2D eigenvalue weighted by atomic mass is 32.1. The van der Waals surface area contributed by atoms with Crippen LogP contribution in [0, 0.1) is 0 Å². The maximum atomic E-state index is 10.5. The van der Waals surface area contributed by atoms with Crippen LogP contribution in [0.2, 0.25) is 0 Å². The Balaban J connectivity index is 1.72. The fourth-order valence-electron chi connectivity index (χ4n) is 2.48. The lowest BCUT2D eigenvalue weighted by molar-refractivity contribution is 0.103. The molecule has 24 heavy (non-hydrogen) atoms. The first kappa shape index (κ1) is 16.8. The third-order valence-electron chi connectivity index (χ3n) is 3.66. The van der Waals surface area contributed by atoms with Crippen LogP contribution >= 0.6 is 11.3 Å². The first-order valence-corrected chi connectivity index (χ1v) is 8.67. The van der Waals surface area contributed by atoms with Gasteiger partial charge in [-0.1, -0.05) is 35.5 Å². The van der Waals surface area contributed by atoms with E-state index in [9.17, 15) is 5.11 Å². The van der Waals surface area contributed by atoms with E-state index in [1.165, 1.54) is 0 Å². The predicted octanol–water partition coefficient (Wildman–Crippen LogP) is 2.33. The minimum Gasteiger partial charge on any atom is -0.387 e. The molecule has 126 valence electrons. The zero-order valence-corrected chi connectivity index (χ0v) is 14.0. The SMILES string of the molecule is NCc1nc(CN(Cc2ccccc2)CC(O)c2ccsc2)no1. The second-order valence-electron chi connectivity index (χ2n) is 5.54. The molecule has 1 atom stereocenters. The second-order valence-corrected chi connectivity index (χ2v) is 6.32. The third-order valence-corrected chi connectivity index (χ3v) is 4.36. The highest BCUT2D eigenvalue weighted by Crippen LogP contribution is 2.19. The second kappa shape index (κ2) is 8.16. The summed E-state index contributed by atoms with van der Waals surface area (Å²) in [5.74, 6) is 0.993. The van der Waals surface area contributed by atoms with Gasteiger partial charge in [-0.25, -0.2) is 0 Å². The molecule has 3 aromatic rings. The van der Waals surface area contributed by atoms with Gasteiger partial charge in [-0.3, -0.25) is 4.90 Å². The molecule has 1 aromatic carbocycles. The van der Waals surface area contributed by atoms with Crippen LogP contribution in [0.1, 0.15) is 28.9 Å². The normalized spacial score (nSPS) is 12.6. The van der Waals surface area contributed by atoms with Gasteiger partial charge in [0, 0.05) is 13.1 Å². The monoisotopic (exact) mass is 344 g/mol. The van der Waals surface area contributed by atoms with Crippen molar-refractivity contribution in [1.29, 1.82) is 0 Å². The fourth-order valence-corrected chi connectivity index (χ4v) is 3.19. The largest absolute Gasteiger partial charge is 0.387 e. The summed E-state index contributed by atoms with van der Waals surface area (Å²) in [5.41, 5.74) is 7.60. The van der Waals surface area contributed by atoms with Crippen molar-refractivity contribution in [3.05, 3.63) is 70.0 Å². The van der Waals surface area contributed by atoms with Gasteiger partial charge in [0.15, 0.2) is 5.82 Å². The van der Waals surface area contributed by atoms with Crippen LogP contribution in [0.4, 0.5) is 0 Å². The molecule has 2 heterocycles. The van der Waals surface area contributed by atoms with Crippen molar-refractivity contribution in [3.63, 3.8) is 0 Å². The number of hydrogen-bond acceptors (Lipinski definition) is 7. The van der Waals surface area contributed by atoms with Gasteiger partial charge in [0.2, 0.25) is 5.89 Å². The summed E-state index contributed by atoms with van der Waals surface area (Å²) < 4.78 is 5.07. The summed E-state index contributed by atoms with van der Waals surface area (Å²) in [6.07, 6.45) is -0.555. The zero-order chi connectivity index (χ0) is 16.8. The lowest BCUT2D eigenvalue weighted by Crippen LogP contribution is -2.28. The molecule has 3 rings (SSSR count). The number of hydrogen-bond donors (Lipinski definition) is 2. The molecule has 1 unspecified atom stereocenters. The Morgan fingerprint density at radius 3 is 2.71 bits per heavy atom. The van der Waals surface area contributed by atoms with Gasteiger partial charge in [0.1, 0.15) is 0 Å². The summed E-state index contributed by atoms with van der Waals surface area (Å²) >= 11 is 1.58. The minimum atomic E-state index is -0.555. The van der Waals surface area contributed by atoms with E-state index in [2.05, 4.69) is 27.2 Å². The van der Waals surface area contributed by atoms with Crippen molar-refractivity contribution in [1.82, 2.24) is 15.0 Å². The molecule has 0 amide bonds. The van der Waals surface area contributed by atoms with Gasteiger partial charge < -0.3 is 15.4 Å². The Morgan fingerprint density at radius 1 is 1.21 bits per heavy atom. The van der Waals surface area contributed by atoms with Crippen molar-refractivity contribution in [2.24, 2.45) is 5.73 Å². The van der Waals surface area contributed by atoms with Crippen molar-refractivity contribution < 1.29 is 9.63 Å². The molecular weight excluding hydrogens is 324 g/mol. The number of thiophene rings is 1. The standard InChI is InChI=1S/C17H20N4O2S/c18-8-17-19-16(20-23-17)11-21(9-13-4-2-1-3-5-13)10-15(22)14-6-7-24-12-14/h1-7,12,15,22H,8-11,18H2. The first-order chi connectivity index (χ1) is 11.7. The minimum absolute atomic E-state index is 0.225. The molecule has 0 saturated carbocycles. The highest BCUT2D eigenvalue weighted by molar-refractivity contribution is 7.07. The van der Waals surface area contributed by atoms with E-state index in [4.69, 9.17) is 10.3 Å². The van der Waals surface area contributed by atoms with Gasteiger partial charge in [-0.2, -0.15) is 16.3 Å². The van der Waals surface area contributed by atoms with E-state index in [0.29, 0.717) is 31.3 Å². The van der Waals surface area contributed by atoms with E-state index in [-0.39, 0.29) is 6.54 Å². The van der Waals surface area contributed by atoms with Crippen LogP contribution in [0.25, 0.3) is 0 Å². The molecule has 0 aliphatic rings. The summed E-state index contributed by atoms with van der Waals surface area (Å²) in [4.78, 5) is 6.36. The molecule has 6 nitrogen and oxygen atoms in total. The molecule has 0 fully saturated rings. The number of rotatable bonds is 8. The van der Waals surface area contributed by atoms with Gasteiger partial charge in [0.25, 0.3) is 0 Å². The maximum Gasteiger partial charge on any atom is 0.240 e. The van der Waals surface area contributed by atoms with E-state index in [1.807, 2.05) is 35.0 Å². The van der Waals surface area contributed by atoms with Crippen LogP contribution in [0.5, 0.6) is 0 Å². The summed E-state index contributed by atoms with van der Waals surface area (Å²) in [7, 11) is 0. The van der Waals surface area contributed by atoms with E-state index in [1.54, 1.807) is 11.3 Å². The molecule has 0 radical (unpaired) electrons. The van der Waals surface area contributed by atoms with Crippen molar-refractivity contribution in [3.8, 4) is 0 Å². The average molecular weight is 344 g/mol. The number of aromatic nitrogens is 2. The van der Waals surface area contributed by atoms with Crippen LogP contribution in [-0.4, -0.2) is 26.7 Å². The lowest BCUT2D eigenvalue weighted by atomic mass is 10.1. The van der Waals surface area contributed by atoms with E-state index >= 15 is 0 Å². The van der Waals surface area contributed by atoms with Crippen molar-refractivity contribution in [2.75, 3.05) is 6.54 Å². The van der Waals surface area contributed by atoms with Crippen LogP contribution in [-0.2, 0) is 19.6 Å². The molecule has 3 N–H and O–H groups in total. The topological polar surface area (TPSA) is 88.4 Å². The Morgan fingerprint density at radius 2 is 2.04 bits per heavy atom. The number of benzene rings is 1. The molecule has 0 saturated heterocycles. The molecule has 7 heteroatoms. The predicted molar refractivity (Wildman–Crippen MR) is 92.0 cm³/mol. The zero-order valence-electron chi connectivity index (χ0n) is 13.2. The third kappa shape index (κ3) is 4.48. The summed E-state index contributed by atoms with van der Waals surface area (Å²) in [6, 6.07) is 12.1. The first-order valence-electron chi connectivity index (χ1n) is 7.72. The number of aliphatic hydroxyl groups is 1. The Bertz CT molecular complexity index is 730. The van der Waals surface area contributed by atoms with Gasteiger partial charge >= 0.3 is 0 Å². The molecular formula is C17H20N4O2S. The van der Waals surface area contributed by atoms with Crippen LogP contribution < -0.4 is 5.73 Å². The molecule has 2 aromatic heterocycles. The smallest absolute Gasteiger partial charge is 0.240 e.